The van der Waals surface area contributed by atoms with Crippen LogP contribution in [-0.2, 0) is 4.74 Å². The molecule has 0 unspecified atom stereocenters. The van der Waals surface area contributed by atoms with Gasteiger partial charge in [0.1, 0.15) is 5.75 Å². The second kappa shape index (κ2) is 4.14. The minimum Gasteiger partial charge on any atom is -0.496 e. The predicted molar refractivity (Wildman–Crippen MR) is 57.9 cm³/mol. The fourth-order valence-electron chi connectivity index (χ4n) is 1.47. The van der Waals surface area contributed by atoms with Gasteiger partial charge in [-0.3, -0.25) is 0 Å². The van der Waals surface area contributed by atoms with E-state index in [9.17, 15) is 4.79 Å². The lowest BCUT2D eigenvalue weighted by atomic mass is 10.2. The van der Waals surface area contributed by atoms with E-state index in [1.165, 1.54) is 7.11 Å². The van der Waals surface area contributed by atoms with Gasteiger partial charge < -0.3 is 19.2 Å². The monoisotopic (exact) mass is 221 g/mol. The molecular formula is C11H11NO4. The van der Waals surface area contributed by atoms with Crippen molar-refractivity contribution < 1.29 is 19.0 Å². The first-order chi connectivity index (χ1) is 7.74. The maximum atomic E-state index is 10.9. The number of ether oxygens (including phenoxy) is 3. The molecule has 16 heavy (non-hydrogen) atoms. The van der Waals surface area contributed by atoms with Crippen molar-refractivity contribution in [2.24, 2.45) is 0 Å². The molecule has 0 saturated carbocycles. The van der Waals surface area contributed by atoms with Gasteiger partial charge in [-0.05, 0) is 12.1 Å². The van der Waals surface area contributed by atoms with Crippen molar-refractivity contribution in [2.45, 2.75) is 0 Å². The lowest BCUT2D eigenvalue weighted by molar-refractivity contribution is 0.120. The predicted octanol–water partition coefficient (Wildman–Crippen LogP) is 2.32. The zero-order chi connectivity index (χ0) is 11.5. The highest BCUT2D eigenvalue weighted by atomic mass is 16.7. The summed E-state index contributed by atoms with van der Waals surface area (Å²) in [7, 11) is 2.84. The smallest absolute Gasteiger partial charge is 0.496 e. The van der Waals surface area contributed by atoms with Crippen LogP contribution in [-0.4, -0.2) is 25.4 Å². The van der Waals surface area contributed by atoms with E-state index in [2.05, 4.69) is 9.72 Å². The van der Waals surface area contributed by atoms with Crippen LogP contribution < -0.4 is 9.47 Å². The van der Waals surface area contributed by atoms with E-state index in [0.29, 0.717) is 11.6 Å². The number of nitrogens with one attached hydrogen (secondary N) is 1. The van der Waals surface area contributed by atoms with Gasteiger partial charge in [0.25, 0.3) is 0 Å². The number of fused-ring (bicyclic) bond motifs is 1. The number of aromatic nitrogens is 1. The van der Waals surface area contributed by atoms with Crippen LogP contribution in [0, 0.1) is 0 Å². The summed E-state index contributed by atoms with van der Waals surface area (Å²) in [6.45, 7) is 0. The minimum absolute atomic E-state index is 0.325. The highest BCUT2D eigenvalue weighted by molar-refractivity contribution is 5.88. The van der Waals surface area contributed by atoms with Gasteiger partial charge >= 0.3 is 6.16 Å². The third-order valence-corrected chi connectivity index (χ3v) is 2.18. The first-order valence-corrected chi connectivity index (χ1v) is 4.66. The number of hydrogen-bond acceptors (Lipinski definition) is 4. The highest BCUT2D eigenvalue weighted by Gasteiger charge is 2.09. The third-order valence-electron chi connectivity index (χ3n) is 2.18. The lowest BCUT2D eigenvalue weighted by Crippen LogP contribution is -2.07. The van der Waals surface area contributed by atoms with Crippen LogP contribution in [0.2, 0.25) is 0 Å². The Hall–Kier alpha value is -2.17. The molecular weight excluding hydrogens is 210 g/mol. The molecule has 1 aromatic heterocycles. The molecule has 2 rings (SSSR count). The fourth-order valence-corrected chi connectivity index (χ4v) is 1.47. The van der Waals surface area contributed by atoms with E-state index in [0.717, 1.165) is 10.9 Å². The largest absolute Gasteiger partial charge is 0.514 e. The summed E-state index contributed by atoms with van der Waals surface area (Å²) in [6.07, 6.45) is -0.759. The molecule has 0 aliphatic heterocycles. The van der Waals surface area contributed by atoms with Gasteiger partial charge in [-0.25, -0.2) is 4.79 Å². The Balaban J connectivity index is 2.39. The molecule has 0 aliphatic carbocycles. The molecule has 1 N–H and O–H groups in total. The Labute approximate surface area is 91.9 Å². The van der Waals surface area contributed by atoms with E-state index in [1.54, 1.807) is 13.2 Å². The molecule has 0 radical (unpaired) electrons. The molecule has 0 saturated heterocycles. The number of methoxy groups -OCH3 is 2. The average molecular weight is 221 g/mol. The first kappa shape index (κ1) is 10.4. The van der Waals surface area contributed by atoms with Crippen LogP contribution in [0.25, 0.3) is 10.9 Å². The van der Waals surface area contributed by atoms with E-state index in [-0.39, 0.29) is 0 Å². The topological polar surface area (TPSA) is 60.6 Å². The molecule has 0 amide bonds. The number of H-pyrrole nitrogens is 1. The normalized spacial score (nSPS) is 10.1. The summed E-state index contributed by atoms with van der Waals surface area (Å²) in [6, 6.07) is 7.23. The molecule has 2 aromatic rings. The Morgan fingerprint density at radius 3 is 2.81 bits per heavy atom. The number of rotatable bonds is 2. The average Bonchev–Trinajstić information content (AvgIpc) is 2.70. The standard InChI is InChI=1S/C11H11NO4/c1-14-9-5-3-4-8-7(9)6-10(12-8)16-11(13)15-2/h3-6,12H,1-2H3. The molecule has 1 aromatic carbocycles. The van der Waals surface area contributed by atoms with Crippen molar-refractivity contribution in [2.75, 3.05) is 14.2 Å². The van der Waals surface area contributed by atoms with Crippen LogP contribution in [0.1, 0.15) is 0 Å². The Morgan fingerprint density at radius 1 is 1.31 bits per heavy atom. The number of aromatic amines is 1. The Kier molecular flexibility index (Phi) is 2.68. The van der Waals surface area contributed by atoms with Gasteiger partial charge in [0.05, 0.1) is 19.7 Å². The molecule has 5 nitrogen and oxygen atoms in total. The lowest BCUT2D eigenvalue weighted by Gasteiger charge is -1.98. The molecule has 0 atom stereocenters. The summed E-state index contributed by atoms with van der Waals surface area (Å²) >= 11 is 0. The van der Waals surface area contributed by atoms with Crippen molar-refractivity contribution in [3.63, 3.8) is 0 Å². The van der Waals surface area contributed by atoms with Crippen LogP contribution in [0.4, 0.5) is 4.79 Å². The second-order valence-corrected chi connectivity index (χ2v) is 3.11. The van der Waals surface area contributed by atoms with E-state index in [4.69, 9.17) is 9.47 Å². The number of carbonyl (C=O) groups is 1. The van der Waals surface area contributed by atoms with Crippen molar-refractivity contribution in [1.29, 1.82) is 0 Å². The first-order valence-electron chi connectivity index (χ1n) is 4.66. The Morgan fingerprint density at radius 2 is 2.12 bits per heavy atom. The molecule has 1 heterocycles. The maximum absolute atomic E-state index is 10.9. The van der Waals surface area contributed by atoms with Gasteiger partial charge in [0.15, 0.2) is 0 Å². The summed E-state index contributed by atoms with van der Waals surface area (Å²) in [4.78, 5) is 13.8. The summed E-state index contributed by atoms with van der Waals surface area (Å²) in [5.41, 5.74) is 0.832. The van der Waals surface area contributed by atoms with Crippen molar-refractivity contribution in [3.8, 4) is 11.6 Å². The van der Waals surface area contributed by atoms with E-state index < -0.39 is 6.16 Å². The minimum atomic E-state index is -0.759. The van der Waals surface area contributed by atoms with E-state index >= 15 is 0 Å². The van der Waals surface area contributed by atoms with Crippen molar-refractivity contribution >= 4 is 17.1 Å². The maximum Gasteiger partial charge on any atom is 0.514 e. The van der Waals surface area contributed by atoms with Crippen LogP contribution in [0.5, 0.6) is 11.6 Å². The zero-order valence-electron chi connectivity index (χ0n) is 8.94. The van der Waals surface area contributed by atoms with Gasteiger partial charge in [-0.15, -0.1) is 0 Å². The number of benzene rings is 1. The van der Waals surface area contributed by atoms with Crippen molar-refractivity contribution in [3.05, 3.63) is 24.3 Å². The summed E-state index contributed by atoms with van der Waals surface area (Å²) in [5.74, 6) is 1.04. The molecule has 0 bridgehead atoms. The highest BCUT2D eigenvalue weighted by Crippen LogP contribution is 2.28. The van der Waals surface area contributed by atoms with Gasteiger partial charge in [0.2, 0.25) is 5.88 Å². The SMILES string of the molecule is COC(=O)Oc1cc2c(OC)cccc2[nH]1. The fraction of sp³-hybridized carbons (Fsp3) is 0.182. The molecule has 5 heteroatoms. The van der Waals surface area contributed by atoms with Crippen LogP contribution in [0.15, 0.2) is 24.3 Å². The summed E-state index contributed by atoms with van der Waals surface area (Å²) < 4.78 is 14.5. The van der Waals surface area contributed by atoms with Gasteiger partial charge in [-0.1, -0.05) is 6.07 Å². The number of hydrogen-bond donors (Lipinski definition) is 1. The zero-order valence-corrected chi connectivity index (χ0v) is 8.94. The molecule has 0 spiro atoms. The molecule has 0 fully saturated rings. The van der Waals surface area contributed by atoms with Crippen LogP contribution >= 0.6 is 0 Å². The number of carbonyl (C=O) groups excluding carboxylic acids is 1. The van der Waals surface area contributed by atoms with Crippen LogP contribution in [0.3, 0.4) is 0 Å². The third kappa shape index (κ3) is 1.79. The van der Waals surface area contributed by atoms with E-state index in [1.807, 2.05) is 18.2 Å². The molecule has 84 valence electrons. The Bertz CT molecular complexity index is 518. The summed E-state index contributed by atoms with van der Waals surface area (Å²) in [5, 5.41) is 0.851. The van der Waals surface area contributed by atoms with Crippen molar-refractivity contribution in [1.82, 2.24) is 4.98 Å². The quantitative estimate of drug-likeness (QED) is 0.790. The molecule has 0 aliphatic rings. The van der Waals surface area contributed by atoms with Gasteiger partial charge in [0, 0.05) is 11.5 Å². The second-order valence-electron chi connectivity index (χ2n) is 3.11. The van der Waals surface area contributed by atoms with Gasteiger partial charge in [-0.2, -0.15) is 0 Å².